The fourth-order valence-electron chi connectivity index (χ4n) is 3.47. The first-order chi connectivity index (χ1) is 17.5. The number of carboxylic acid groups (broad SMARTS) is 1. The molecule has 0 saturated heterocycles. The fourth-order valence-corrected chi connectivity index (χ4v) is 4.23. The van der Waals surface area contributed by atoms with E-state index in [1.165, 1.54) is 23.9 Å². The van der Waals surface area contributed by atoms with Gasteiger partial charge in [-0.1, -0.05) is 48.2 Å². The highest BCUT2D eigenvalue weighted by atomic mass is 32.2. The number of nitrogens with zero attached hydrogens (tertiary/aromatic N) is 3. The van der Waals surface area contributed by atoms with Crippen LogP contribution in [0.4, 0.5) is 5.69 Å². The first-order valence-corrected chi connectivity index (χ1v) is 12.0. The van der Waals surface area contributed by atoms with E-state index in [4.69, 9.17) is 14.6 Å². The van der Waals surface area contributed by atoms with Crippen molar-refractivity contribution in [2.45, 2.75) is 18.2 Å². The van der Waals surface area contributed by atoms with E-state index in [0.29, 0.717) is 28.2 Å². The summed E-state index contributed by atoms with van der Waals surface area (Å²) in [5.41, 5.74) is 1.33. The number of rotatable bonds is 10. The van der Waals surface area contributed by atoms with Crippen molar-refractivity contribution in [1.29, 1.82) is 0 Å². The third-order valence-electron chi connectivity index (χ3n) is 5.13. The zero-order valence-corrected chi connectivity index (χ0v) is 20.4. The highest BCUT2D eigenvalue weighted by Crippen LogP contribution is 2.32. The minimum atomic E-state index is -1.06. The van der Waals surface area contributed by atoms with Gasteiger partial charge < -0.3 is 19.9 Å². The minimum absolute atomic E-state index is 0.0456. The summed E-state index contributed by atoms with van der Waals surface area (Å²) < 4.78 is 13.4. The number of amides is 1. The van der Waals surface area contributed by atoms with Crippen LogP contribution in [0.15, 0.2) is 84.0 Å². The second kappa shape index (κ2) is 11.4. The van der Waals surface area contributed by atoms with Crippen LogP contribution in [0, 0.1) is 0 Å². The van der Waals surface area contributed by atoms with Crippen LogP contribution in [0.3, 0.4) is 0 Å². The number of methoxy groups -OCH3 is 1. The second-order valence-electron chi connectivity index (χ2n) is 7.65. The highest BCUT2D eigenvalue weighted by molar-refractivity contribution is 7.99. The van der Waals surface area contributed by atoms with Gasteiger partial charge >= 0.3 is 5.97 Å². The van der Waals surface area contributed by atoms with Crippen molar-refractivity contribution in [2.75, 3.05) is 18.2 Å². The molecule has 2 N–H and O–H groups in total. The number of aromatic nitrogens is 3. The molecule has 184 valence electrons. The number of benzene rings is 3. The van der Waals surface area contributed by atoms with Crippen molar-refractivity contribution in [2.24, 2.45) is 0 Å². The summed E-state index contributed by atoms with van der Waals surface area (Å²) in [5.74, 6) is 0.424. The van der Waals surface area contributed by atoms with E-state index < -0.39 is 12.1 Å². The molecular weight excluding hydrogens is 480 g/mol. The van der Waals surface area contributed by atoms with Gasteiger partial charge in [0, 0.05) is 11.4 Å². The predicted molar refractivity (Wildman–Crippen MR) is 136 cm³/mol. The van der Waals surface area contributed by atoms with Crippen molar-refractivity contribution in [3.8, 4) is 17.2 Å². The van der Waals surface area contributed by atoms with E-state index in [0.717, 1.165) is 5.69 Å². The van der Waals surface area contributed by atoms with Crippen LogP contribution in [0.1, 0.15) is 29.2 Å². The van der Waals surface area contributed by atoms with Crippen LogP contribution >= 0.6 is 11.8 Å². The number of hydrogen-bond acceptors (Lipinski definition) is 7. The summed E-state index contributed by atoms with van der Waals surface area (Å²) in [4.78, 5) is 23.8. The Hall–Kier alpha value is -4.31. The molecule has 0 fully saturated rings. The Morgan fingerprint density at radius 1 is 1.00 bits per heavy atom. The van der Waals surface area contributed by atoms with Crippen LogP contribution in [-0.2, 0) is 4.79 Å². The molecule has 0 saturated carbocycles. The van der Waals surface area contributed by atoms with Crippen molar-refractivity contribution >= 4 is 29.3 Å². The van der Waals surface area contributed by atoms with Gasteiger partial charge in [-0.3, -0.25) is 9.36 Å². The van der Waals surface area contributed by atoms with Gasteiger partial charge in [0.05, 0.1) is 18.4 Å². The molecule has 9 nitrogen and oxygen atoms in total. The number of para-hydroxylation sites is 3. The van der Waals surface area contributed by atoms with Gasteiger partial charge in [-0.25, -0.2) is 4.79 Å². The van der Waals surface area contributed by atoms with Crippen molar-refractivity contribution in [3.63, 3.8) is 0 Å². The molecule has 10 heteroatoms. The molecule has 0 aliphatic rings. The lowest BCUT2D eigenvalue weighted by molar-refractivity contribution is -0.113. The van der Waals surface area contributed by atoms with Gasteiger partial charge in [0.25, 0.3) is 0 Å². The van der Waals surface area contributed by atoms with E-state index in [2.05, 4.69) is 15.5 Å². The van der Waals surface area contributed by atoms with Crippen LogP contribution in [0.25, 0.3) is 5.69 Å². The van der Waals surface area contributed by atoms with Gasteiger partial charge in [0.15, 0.2) is 28.6 Å². The number of carbonyl (C=O) groups excluding carboxylic acids is 1. The standard InChI is InChI=1S/C26H24N4O5S/c1-17(35-22-14-7-6-13-21(22)34-2)24-28-29-26(30(24)20-11-4-3-5-12-20)36-16-23(31)27-19-10-8-9-18(15-19)25(32)33/h3-15,17H,16H2,1-2H3,(H,27,31)(H,32,33). The lowest BCUT2D eigenvalue weighted by Gasteiger charge is -2.18. The zero-order chi connectivity index (χ0) is 25.5. The summed E-state index contributed by atoms with van der Waals surface area (Å²) >= 11 is 1.21. The van der Waals surface area contributed by atoms with Gasteiger partial charge in [-0.05, 0) is 49.4 Å². The molecule has 0 spiro atoms. The predicted octanol–water partition coefficient (Wildman–Crippen LogP) is 4.84. The van der Waals surface area contributed by atoms with E-state index in [1.807, 2.05) is 66.1 Å². The van der Waals surface area contributed by atoms with Crippen molar-refractivity contribution < 1.29 is 24.2 Å². The number of aromatic carboxylic acids is 1. The number of anilines is 1. The molecule has 36 heavy (non-hydrogen) atoms. The average molecular weight is 505 g/mol. The van der Waals surface area contributed by atoms with E-state index in [-0.39, 0.29) is 17.2 Å². The third kappa shape index (κ3) is 5.84. The summed E-state index contributed by atoms with van der Waals surface area (Å²) in [6.07, 6.45) is -0.476. The normalized spacial score (nSPS) is 11.5. The lowest BCUT2D eigenvalue weighted by atomic mass is 10.2. The summed E-state index contributed by atoms with van der Waals surface area (Å²) in [7, 11) is 1.58. The van der Waals surface area contributed by atoms with Gasteiger partial charge in [0.1, 0.15) is 0 Å². The molecule has 1 aromatic heterocycles. The maximum absolute atomic E-state index is 12.6. The molecule has 1 heterocycles. The van der Waals surface area contributed by atoms with Crippen molar-refractivity contribution in [3.05, 3.63) is 90.3 Å². The number of nitrogens with one attached hydrogen (secondary N) is 1. The summed E-state index contributed by atoms with van der Waals surface area (Å²) in [6.45, 7) is 1.87. The summed E-state index contributed by atoms with van der Waals surface area (Å²) in [6, 6.07) is 23.0. The number of carbonyl (C=O) groups is 2. The molecule has 0 aliphatic heterocycles. The Labute approximate surface area is 212 Å². The first-order valence-electron chi connectivity index (χ1n) is 11.0. The van der Waals surface area contributed by atoms with Gasteiger partial charge in [0.2, 0.25) is 5.91 Å². The Kier molecular flexibility index (Phi) is 7.86. The molecule has 1 unspecified atom stereocenters. The van der Waals surface area contributed by atoms with Gasteiger partial charge in [-0.15, -0.1) is 10.2 Å². The zero-order valence-electron chi connectivity index (χ0n) is 19.6. The molecule has 4 rings (SSSR count). The second-order valence-corrected chi connectivity index (χ2v) is 8.59. The molecule has 1 atom stereocenters. The smallest absolute Gasteiger partial charge is 0.335 e. The minimum Gasteiger partial charge on any atom is -0.493 e. The highest BCUT2D eigenvalue weighted by Gasteiger charge is 2.22. The first kappa shape index (κ1) is 24.8. The maximum atomic E-state index is 12.6. The summed E-state index contributed by atoms with van der Waals surface area (Å²) in [5, 5.41) is 21.1. The molecule has 1 amide bonds. The molecular formula is C26H24N4O5S. The van der Waals surface area contributed by atoms with E-state index in [9.17, 15) is 9.59 Å². The topological polar surface area (TPSA) is 116 Å². The van der Waals surface area contributed by atoms with Gasteiger partial charge in [-0.2, -0.15) is 0 Å². The number of hydrogen-bond donors (Lipinski definition) is 2. The molecule has 0 aliphatic carbocycles. The molecule has 0 radical (unpaired) electrons. The molecule has 3 aromatic carbocycles. The Morgan fingerprint density at radius 3 is 2.44 bits per heavy atom. The van der Waals surface area contributed by atoms with Crippen LogP contribution in [-0.4, -0.2) is 44.6 Å². The average Bonchev–Trinajstić information content (AvgIpc) is 3.32. The SMILES string of the molecule is COc1ccccc1OC(C)c1nnc(SCC(=O)Nc2cccc(C(=O)O)c2)n1-c1ccccc1. The quantitative estimate of drug-likeness (QED) is 0.295. The Balaban J connectivity index is 1.54. The van der Waals surface area contributed by atoms with Crippen LogP contribution in [0.2, 0.25) is 0 Å². The van der Waals surface area contributed by atoms with Crippen molar-refractivity contribution in [1.82, 2.24) is 14.8 Å². The largest absolute Gasteiger partial charge is 0.493 e. The Bertz CT molecular complexity index is 1360. The molecule has 4 aromatic rings. The van der Waals surface area contributed by atoms with E-state index in [1.54, 1.807) is 19.2 Å². The lowest BCUT2D eigenvalue weighted by Crippen LogP contribution is -2.15. The molecule has 0 bridgehead atoms. The van der Waals surface area contributed by atoms with E-state index >= 15 is 0 Å². The third-order valence-corrected chi connectivity index (χ3v) is 6.06. The van der Waals surface area contributed by atoms with Crippen LogP contribution in [0.5, 0.6) is 11.5 Å². The number of carboxylic acids is 1. The van der Waals surface area contributed by atoms with Crippen LogP contribution < -0.4 is 14.8 Å². The number of ether oxygens (including phenoxy) is 2. The fraction of sp³-hybridized carbons (Fsp3) is 0.154. The Morgan fingerprint density at radius 2 is 1.72 bits per heavy atom. The maximum Gasteiger partial charge on any atom is 0.335 e. The monoisotopic (exact) mass is 504 g/mol. The number of thioether (sulfide) groups is 1.